The number of halogens is 3. The molecule has 2 unspecified atom stereocenters. The van der Waals surface area contributed by atoms with E-state index in [1.165, 1.54) is 11.0 Å². The maximum Gasteiger partial charge on any atom is 0.417 e. The lowest BCUT2D eigenvalue weighted by Crippen LogP contribution is -2.39. The van der Waals surface area contributed by atoms with Crippen LogP contribution in [0.2, 0.25) is 0 Å². The van der Waals surface area contributed by atoms with Gasteiger partial charge in [-0.25, -0.2) is 17.9 Å². The highest BCUT2D eigenvalue weighted by atomic mass is 32.2. The van der Waals surface area contributed by atoms with Crippen molar-refractivity contribution in [3.8, 4) is 0 Å². The van der Waals surface area contributed by atoms with Crippen molar-refractivity contribution < 1.29 is 31.5 Å². The molecule has 0 spiro atoms. The number of sulfone groups is 1. The zero-order chi connectivity index (χ0) is 24.0. The van der Waals surface area contributed by atoms with E-state index in [1.807, 2.05) is 0 Å². The molecule has 1 aromatic heterocycles. The number of anilines is 1. The van der Waals surface area contributed by atoms with Gasteiger partial charge >= 0.3 is 12.1 Å². The van der Waals surface area contributed by atoms with Crippen molar-refractivity contribution in [3.05, 3.63) is 41.6 Å². The summed E-state index contributed by atoms with van der Waals surface area (Å²) in [6.07, 6.45) is -3.61. The van der Waals surface area contributed by atoms with Crippen molar-refractivity contribution in [2.24, 2.45) is 0 Å². The molecule has 2 aliphatic rings. The van der Waals surface area contributed by atoms with E-state index in [9.17, 15) is 31.5 Å². The highest BCUT2D eigenvalue weighted by molar-refractivity contribution is 7.92. The number of nitrogens with zero attached hydrogens (tertiary/aromatic N) is 3. The van der Waals surface area contributed by atoms with Gasteiger partial charge in [0.2, 0.25) is 0 Å². The maximum absolute atomic E-state index is 13.5. The molecule has 2 N–H and O–H groups in total. The Bertz CT molecular complexity index is 1140. The third-order valence-corrected chi connectivity index (χ3v) is 8.46. The molecule has 0 bridgehead atoms. The van der Waals surface area contributed by atoms with Gasteiger partial charge in [0.15, 0.2) is 9.84 Å². The monoisotopic (exact) mass is 486 g/mol. The number of benzene rings is 1. The molecule has 33 heavy (non-hydrogen) atoms. The van der Waals surface area contributed by atoms with E-state index in [0.29, 0.717) is 11.5 Å². The smallest absolute Gasteiger partial charge is 0.417 e. The second kappa shape index (κ2) is 8.64. The van der Waals surface area contributed by atoms with Gasteiger partial charge in [-0.05, 0) is 51.4 Å². The zero-order valence-corrected chi connectivity index (χ0v) is 18.7. The third kappa shape index (κ3) is 4.45. The number of alkyl halides is 3. The van der Waals surface area contributed by atoms with Crippen LogP contribution in [0.3, 0.4) is 0 Å². The van der Waals surface area contributed by atoms with Crippen molar-refractivity contribution in [2.75, 3.05) is 24.5 Å². The highest BCUT2D eigenvalue weighted by Gasteiger charge is 2.47. The molecule has 0 aliphatic carbocycles. The number of carbonyl (C=O) groups is 1. The maximum atomic E-state index is 13.5. The molecule has 2 saturated heterocycles. The SMILES string of the molecule is Cc1cc(N2CC(S(=O)(=O)c3ccccc3C(F)(F)F)CC2C(=O)O)n(C2CCNCC2)n1. The second-order valence-corrected chi connectivity index (χ2v) is 10.7. The first-order chi connectivity index (χ1) is 15.5. The molecule has 0 amide bonds. The molecule has 2 fully saturated rings. The second-order valence-electron chi connectivity index (χ2n) is 8.47. The number of nitrogens with one attached hydrogen (secondary N) is 1. The molecule has 180 valence electrons. The van der Waals surface area contributed by atoms with Crippen molar-refractivity contribution >= 4 is 21.6 Å². The number of aryl methyl sites for hydroxylation is 1. The first kappa shape index (κ1) is 23.6. The summed E-state index contributed by atoms with van der Waals surface area (Å²) >= 11 is 0. The summed E-state index contributed by atoms with van der Waals surface area (Å²) in [4.78, 5) is 12.7. The van der Waals surface area contributed by atoms with Gasteiger partial charge in [0, 0.05) is 12.6 Å². The average molecular weight is 487 g/mol. The Morgan fingerprint density at radius 1 is 1.21 bits per heavy atom. The summed E-state index contributed by atoms with van der Waals surface area (Å²) < 4.78 is 68.8. The van der Waals surface area contributed by atoms with Crippen LogP contribution in [0.4, 0.5) is 19.0 Å². The van der Waals surface area contributed by atoms with Gasteiger partial charge in [-0.1, -0.05) is 12.1 Å². The van der Waals surface area contributed by atoms with Gasteiger partial charge in [-0.2, -0.15) is 18.3 Å². The fraction of sp³-hybridized carbons (Fsp3) is 0.524. The standard InChI is InChI=1S/C21H25F3N4O4S/c1-13-10-19(28(26-13)14-6-8-25-9-7-14)27-12-15(11-17(27)20(29)30)33(31,32)18-5-3-2-4-16(18)21(22,23)24/h2-5,10,14-15,17,25H,6-9,11-12H2,1H3,(H,29,30). The minimum Gasteiger partial charge on any atom is -0.480 e. The van der Waals surface area contributed by atoms with Crippen LogP contribution in [0, 0.1) is 6.92 Å². The molecule has 1 aromatic carbocycles. The number of hydrogen-bond acceptors (Lipinski definition) is 6. The van der Waals surface area contributed by atoms with Crippen LogP contribution in [-0.4, -0.2) is 60.2 Å². The molecule has 12 heteroatoms. The van der Waals surface area contributed by atoms with Crippen LogP contribution in [0.15, 0.2) is 35.2 Å². The molecule has 2 aromatic rings. The van der Waals surface area contributed by atoms with E-state index in [-0.39, 0.29) is 19.0 Å². The van der Waals surface area contributed by atoms with Crippen molar-refractivity contribution in [1.29, 1.82) is 0 Å². The van der Waals surface area contributed by atoms with E-state index in [4.69, 9.17) is 0 Å². The molecule has 8 nitrogen and oxygen atoms in total. The molecule has 0 radical (unpaired) electrons. The lowest BCUT2D eigenvalue weighted by molar-refractivity contribution is -0.140. The fourth-order valence-electron chi connectivity index (χ4n) is 4.68. The van der Waals surface area contributed by atoms with Crippen LogP contribution in [-0.2, 0) is 20.8 Å². The summed E-state index contributed by atoms with van der Waals surface area (Å²) in [7, 11) is -4.46. The summed E-state index contributed by atoms with van der Waals surface area (Å²) in [5, 5.41) is 16.3. The van der Waals surface area contributed by atoms with Crippen molar-refractivity contribution in [3.63, 3.8) is 0 Å². The minimum absolute atomic E-state index is 0.0195. The van der Waals surface area contributed by atoms with E-state index in [0.717, 1.165) is 44.1 Å². The molecule has 0 saturated carbocycles. The molecule has 2 aliphatic heterocycles. The summed E-state index contributed by atoms with van der Waals surface area (Å²) in [6, 6.07) is 4.55. The Hall–Kier alpha value is -2.60. The van der Waals surface area contributed by atoms with Crippen LogP contribution >= 0.6 is 0 Å². The molecule has 4 rings (SSSR count). The Morgan fingerprint density at radius 2 is 1.88 bits per heavy atom. The molecular formula is C21H25F3N4O4S. The van der Waals surface area contributed by atoms with Crippen LogP contribution in [0.25, 0.3) is 0 Å². The topological polar surface area (TPSA) is 105 Å². The number of hydrogen-bond donors (Lipinski definition) is 2. The van der Waals surface area contributed by atoms with E-state index in [2.05, 4.69) is 10.4 Å². The minimum atomic E-state index is -4.85. The van der Waals surface area contributed by atoms with E-state index >= 15 is 0 Å². The number of carboxylic acid groups (broad SMARTS) is 1. The normalized spacial score (nSPS) is 22.6. The van der Waals surface area contributed by atoms with Gasteiger partial charge in [0.25, 0.3) is 0 Å². The van der Waals surface area contributed by atoms with Crippen molar-refractivity contribution in [2.45, 2.75) is 54.6 Å². The quantitative estimate of drug-likeness (QED) is 0.670. The predicted molar refractivity (Wildman–Crippen MR) is 114 cm³/mol. The highest BCUT2D eigenvalue weighted by Crippen LogP contribution is 2.39. The lowest BCUT2D eigenvalue weighted by Gasteiger charge is -2.29. The largest absolute Gasteiger partial charge is 0.480 e. The van der Waals surface area contributed by atoms with Gasteiger partial charge < -0.3 is 15.3 Å². The first-order valence-electron chi connectivity index (χ1n) is 10.7. The zero-order valence-electron chi connectivity index (χ0n) is 17.9. The van der Waals surface area contributed by atoms with Crippen LogP contribution < -0.4 is 10.2 Å². The van der Waals surface area contributed by atoms with E-state index in [1.54, 1.807) is 17.7 Å². The van der Waals surface area contributed by atoms with Crippen LogP contribution in [0.1, 0.15) is 36.6 Å². The Morgan fingerprint density at radius 3 is 2.52 bits per heavy atom. The third-order valence-electron chi connectivity index (χ3n) is 6.27. The Kier molecular flexibility index (Phi) is 6.16. The lowest BCUT2D eigenvalue weighted by atomic mass is 10.1. The Balaban J connectivity index is 1.72. The van der Waals surface area contributed by atoms with Crippen LogP contribution in [0.5, 0.6) is 0 Å². The number of aliphatic carboxylic acids is 1. The van der Waals surface area contributed by atoms with Gasteiger partial charge in [-0.15, -0.1) is 0 Å². The van der Waals surface area contributed by atoms with E-state index < -0.39 is 43.7 Å². The molecule has 2 atom stereocenters. The summed E-state index contributed by atoms with van der Waals surface area (Å²) in [5.74, 6) is -0.749. The molecule has 3 heterocycles. The predicted octanol–water partition coefficient (Wildman–Crippen LogP) is 2.64. The van der Waals surface area contributed by atoms with Gasteiger partial charge in [0.05, 0.1) is 27.4 Å². The first-order valence-corrected chi connectivity index (χ1v) is 12.2. The van der Waals surface area contributed by atoms with Gasteiger partial charge in [0.1, 0.15) is 11.9 Å². The fourth-order valence-corrected chi connectivity index (χ4v) is 6.59. The van der Waals surface area contributed by atoms with Crippen molar-refractivity contribution in [1.82, 2.24) is 15.1 Å². The summed E-state index contributed by atoms with van der Waals surface area (Å²) in [6.45, 7) is 3.08. The van der Waals surface area contributed by atoms with Gasteiger partial charge in [-0.3, -0.25) is 0 Å². The number of carboxylic acids is 1. The number of aromatic nitrogens is 2. The molecular weight excluding hydrogens is 461 g/mol. The average Bonchev–Trinajstić information content (AvgIpc) is 3.38. The number of piperidine rings is 1. The summed E-state index contributed by atoms with van der Waals surface area (Å²) in [5.41, 5.74) is -0.590. The Labute approximate surface area is 189 Å². The number of rotatable bonds is 5.